The molecule has 2 aromatic heterocycles. The van der Waals surface area contributed by atoms with Crippen LogP contribution in [-0.4, -0.2) is 49.3 Å². The Balaban J connectivity index is 1.61. The number of fused-ring (bicyclic) bond motifs is 1. The fraction of sp³-hybridized carbons (Fsp3) is 0.280. The molecule has 0 radical (unpaired) electrons. The number of benzene rings is 1. The van der Waals surface area contributed by atoms with Crippen molar-refractivity contribution >= 4 is 51.7 Å². The van der Waals surface area contributed by atoms with Crippen LogP contribution in [0.3, 0.4) is 0 Å². The highest BCUT2D eigenvalue weighted by Crippen LogP contribution is 2.33. The second-order valence-electron chi connectivity index (χ2n) is 8.04. The molecule has 0 bridgehead atoms. The Morgan fingerprint density at radius 3 is 2.71 bits per heavy atom. The van der Waals surface area contributed by atoms with Gasteiger partial charge in [-0.2, -0.15) is 0 Å². The Hall–Kier alpha value is -3.01. The van der Waals surface area contributed by atoms with E-state index in [4.69, 9.17) is 17.3 Å². The smallest absolute Gasteiger partial charge is 0.267 e. The summed E-state index contributed by atoms with van der Waals surface area (Å²) >= 11 is 6.67. The van der Waals surface area contributed by atoms with Gasteiger partial charge in [-0.3, -0.25) is 18.9 Å². The lowest BCUT2D eigenvalue weighted by Gasteiger charge is -2.14. The van der Waals surface area contributed by atoms with E-state index in [0.29, 0.717) is 45.8 Å². The van der Waals surface area contributed by atoms with Gasteiger partial charge in [-0.05, 0) is 49.5 Å². The Morgan fingerprint density at radius 2 is 1.94 bits per heavy atom. The number of amides is 1. The number of aliphatic hydroxyl groups is 1. The maximum absolute atomic E-state index is 13.3. The topological polar surface area (TPSA) is 86.9 Å². The summed E-state index contributed by atoms with van der Waals surface area (Å²) in [5.74, 6) is 0.190. The SMILES string of the molecule is Cc1ccc2nc(NCCCO)c(/C=C3\SC(=S)N(CCCc4ccccc4)C3=O)c(=O)n2c1. The molecule has 1 aromatic carbocycles. The molecule has 1 aliphatic heterocycles. The van der Waals surface area contributed by atoms with Crippen molar-refractivity contribution in [3.63, 3.8) is 0 Å². The lowest BCUT2D eigenvalue weighted by molar-refractivity contribution is -0.122. The maximum atomic E-state index is 13.3. The van der Waals surface area contributed by atoms with Gasteiger partial charge in [0, 0.05) is 25.9 Å². The van der Waals surface area contributed by atoms with Gasteiger partial charge in [0.05, 0.1) is 10.5 Å². The first kappa shape index (κ1) is 24.1. The van der Waals surface area contributed by atoms with Crippen LogP contribution in [0.5, 0.6) is 0 Å². The molecule has 1 saturated heterocycles. The number of pyridine rings is 1. The van der Waals surface area contributed by atoms with Gasteiger partial charge in [-0.15, -0.1) is 0 Å². The Morgan fingerprint density at radius 1 is 1.15 bits per heavy atom. The predicted octanol–water partition coefficient (Wildman–Crippen LogP) is 3.63. The minimum atomic E-state index is -0.269. The van der Waals surface area contributed by atoms with E-state index >= 15 is 0 Å². The highest BCUT2D eigenvalue weighted by Gasteiger charge is 2.32. The van der Waals surface area contributed by atoms with Crippen molar-refractivity contribution < 1.29 is 9.90 Å². The number of rotatable bonds is 9. The standard InChI is InChI=1S/C25H26N4O3S2/c1-17-10-11-21-27-22(26-12-6-14-30)19(23(31)29(21)16-17)15-20-24(32)28(25(33)34-20)13-5-9-18-7-3-2-4-8-18/h2-4,7-8,10-11,15-16,26,30H,5-6,9,12-14H2,1H3/b20-15-. The molecule has 0 spiro atoms. The number of aryl methyl sites for hydroxylation is 2. The van der Waals surface area contributed by atoms with E-state index in [0.717, 1.165) is 18.4 Å². The molecule has 0 unspecified atom stereocenters. The third-order valence-corrected chi connectivity index (χ3v) is 6.85. The van der Waals surface area contributed by atoms with Gasteiger partial charge in [-0.1, -0.05) is 60.4 Å². The first-order valence-electron chi connectivity index (χ1n) is 11.1. The minimum absolute atomic E-state index is 0.0235. The van der Waals surface area contributed by atoms with Crippen molar-refractivity contribution in [1.29, 1.82) is 0 Å². The summed E-state index contributed by atoms with van der Waals surface area (Å²) in [7, 11) is 0. The highest BCUT2D eigenvalue weighted by molar-refractivity contribution is 8.26. The van der Waals surface area contributed by atoms with E-state index in [-0.39, 0.29) is 18.1 Å². The number of nitrogens with zero attached hydrogens (tertiary/aromatic N) is 3. The van der Waals surface area contributed by atoms with Crippen LogP contribution in [0.25, 0.3) is 11.7 Å². The zero-order valence-corrected chi connectivity index (χ0v) is 20.5. The fourth-order valence-corrected chi connectivity index (χ4v) is 5.01. The van der Waals surface area contributed by atoms with Gasteiger partial charge in [0.25, 0.3) is 11.5 Å². The van der Waals surface area contributed by atoms with Crippen molar-refractivity contribution in [2.24, 2.45) is 0 Å². The molecule has 9 heteroatoms. The number of hydrogen-bond acceptors (Lipinski definition) is 7. The normalized spacial score (nSPS) is 15.0. The zero-order valence-electron chi connectivity index (χ0n) is 18.9. The lowest BCUT2D eigenvalue weighted by Crippen LogP contribution is -2.29. The number of anilines is 1. The molecular weight excluding hydrogens is 468 g/mol. The van der Waals surface area contributed by atoms with E-state index in [2.05, 4.69) is 22.4 Å². The van der Waals surface area contributed by atoms with Gasteiger partial charge in [0.2, 0.25) is 0 Å². The molecule has 176 valence electrons. The van der Waals surface area contributed by atoms with Gasteiger partial charge in [0.15, 0.2) is 0 Å². The van der Waals surface area contributed by atoms with Gasteiger partial charge >= 0.3 is 0 Å². The van der Waals surface area contributed by atoms with E-state index < -0.39 is 0 Å². The van der Waals surface area contributed by atoms with Gasteiger partial charge in [-0.25, -0.2) is 4.98 Å². The quantitative estimate of drug-likeness (QED) is 0.267. The number of aliphatic hydroxyl groups excluding tert-OH is 1. The van der Waals surface area contributed by atoms with Crippen LogP contribution in [0, 0.1) is 6.92 Å². The molecule has 2 N–H and O–H groups in total. The van der Waals surface area contributed by atoms with Crippen LogP contribution in [-0.2, 0) is 11.2 Å². The summed E-state index contributed by atoms with van der Waals surface area (Å²) in [5.41, 5.74) is 2.67. The Kier molecular flexibility index (Phi) is 7.77. The summed E-state index contributed by atoms with van der Waals surface area (Å²) in [6.45, 7) is 2.90. The molecule has 1 fully saturated rings. The Labute approximate surface area is 207 Å². The molecule has 4 rings (SSSR count). The van der Waals surface area contributed by atoms with Crippen LogP contribution in [0.15, 0.2) is 58.4 Å². The van der Waals surface area contributed by atoms with Crippen molar-refractivity contribution in [1.82, 2.24) is 14.3 Å². The average Bonchev–Trinajstić information content (AvgIpc) is 3.10. The summed E-state index contributed by atoms with van der Waals surface area (Å²) in [6.07, 6.45) is 5.47. The number of carbonyl (C=O) groups excluding carboxylic acids is 1. The molecule has 0 saturated carbocycles. The second kappa shape index (κ2) is 10.9. The predicted molar refractivity (Wildman–Crippen MR) is 141 cm³/mol. The first-order chi connectivity index (χ1) is 16.5. The molecule has 3 heterocycles. The highest BCUT2D eigenvalue weighted by atomic mass is 32.2. The largest absolute Gasteiger partial charge is 0.396 e. The number of aromatic nitrogens is 2. The summed E-state index contributed by atoms with van der Waals surface area (Å²) in [6, 6.07) is 13.8. The number of hydrogen-bond donors (Lipinski definition) is 2. The number of thioether (sulfide) groups is 1. The fourth-order valence-electron chi connectivity index (χ4n) is 3.72. The van der Waals surface area contributed by atoms with Crippen molar-refractivity contribution in [3.05, 3.63) is 80.6 Å². The third-order valence-electron chi connectivity index (χ3n) is 5.47. The lowest BCUT2D eigenvalue weighted by atomic mass is 10.1. The maximum Gasteiger partial charge on any atom is 0.267 e. The molecule has 0 aliphatic carbocycles. The van der Waals surface area contributed by atoms with Gasteiger partial charge < -0.3 is 10.4 Å². The molecule has 34 heavy (non-hydrogen) atoms. The second-order valence-corrected chi connectivity index (χ2v) is 9.72. The van der Waals surface area contributed by atoms with Crippen molar-refractivity contribution in [3.8, 4) is 0 Å². The van der Waals surface area contributed by atoms with Crippen molar-refractivity contribution in [2.75, 3.05) is 25.0 Å². The summed E-state index contributed by atoms with van der Waals surface area (Å²) in [5, 5.41) is 12.3. The molecule has 3 aromatic rings. The minimum Gasteiger partial charge on any atom is -0.396 e. The first-order valence-corrected chi connectivity index (χ1v) is 12.4. The molecule has 0 atom stereocenters. The average molecular weight is 495 g/mol. The van der Waals surface area contributed by atoms with E-state index in [1.54, 1.807) is 23.2 Å². The molecular formula is C25H26N4O3S2. The molecule has 1 aliphatic rings. The summed E-state index contributed by atoms with van der Waals surface area (Å²) < 4.78 is 1.97. The zero-order chi connectivity index (χ0) is 24.1. The van der Waals surface area contributed by atoms with Crippen LogP contribution in [0.1, 0.15) is 29.5 Å². The van der Waals surface area contributed by atoms with Crippen molar-refractivity contribution in [2.45, 2.75) is 26.2 Å². The third kappa shape index (κ3) is 5.38. The van der Waals surface area contributed by atoms with Gasteiger partial charge in [0.1, 0.15) is 15.8 Å². The number of carbonyl (C=O) groups is 1. The van der Waals surface area contributed by atoms with Crippen LogP contribution >= 0.6 is 24.0 Å². The van der Waals surface area contributed by atoms with E-state index in [1.165, 1.54) is 21.7 Å². The molecule has 1 amide bonds. The van der Waals surface area contributed by atoms with Crippen LogP contribution in [0.2, 0.25) is 0 Å². The molecule has 7 nitrogen and oxygen atoms in total. The van der Waals surface area contributed by atoms with E-state index in [9.17, 15) is 9.59 Å². The van der Waals surface area contributed by atoms with E-state index in [1.807, 2.05) is 31.2 Å². The monoisotopic (exact) mass is 494 g/mol. The Bertz CT molecular complexity index is 1300. The number of nitrogens with one attached hydrogen (secondary N) is 1. The summed E-state index contributed by atoms with van der Waals surface area (Å²) in [4.78, 5) is 33.1. The van der Waals surface area contributed by atoms with Crippen LogP contribution < -0.4 is 10.9 Å². The number of thiocarbonyl (C=S) groups is 1. The van der Waals surface area contributed by atoms with Crippen LogP contribution in [0.4, 0.5) is 5.82 Å².